The van der Waals surface area contributed by atoms with Crippen molar-refractivity contribution < 1.29 is 33.5 Å². The molecule has 2 aromatic carbocycles. The Hall–Kier alpha value is -1.78. The number of thioether (sulfide) groups is 2. The molecule has 0 bridgehead atoms. The van der Waals surface area contributed by atoms with Gasteiger partial charge in [-0.25, -0.2) is 18.6 Å². The van der Waals surface area contributed by atoms with Crippen molar-refractivity contribution in [2.75, 3.05) is 30.5 Å². The quantitative estimate of drug-likeness (QED) is 0.594. The van der Waals surface area contributed by atoms with E-state index in [0.29, 0.717) is 0 Å². The molecule has 2 heterocycles. The summed E-state index contributed by atoms with van der Waals surface area (Å²) < 4.78 is 36.3. The number of fused-ring (bicyclic) bond motifs is 2. The average Bonchev–Trinajstić information content (AvgIpc) is 2.70. The van der Waals surface area contributed by atoms with Gasteiger partial charge < -0.3 is 4.90 Å². The molecule has 0 spiro atoms. The summed E-state index contributed by atoms with van der Waals surface area (Å²) >= 11 is 3.83. The third-order valence-electron chi connectivity index (χ3n) is 4.64. The maximum absolute atomic E-state index is 8.49. The van der Waals surface area contributed by atoms with Gasteiger partial charge in [0.15, 0.2) is 5.71 Å². The lowest BCUT2D eigenvalue weighted by molar-refractivity contribution is -2.00. The molecule has 0 fully saturated rings. The van der Waals surface area contributed by atoms with Gasteiger partial charge in [0.25, 0.3) is 0 Å². The first kappa shape index (κ1) is 22.9. The van der Waals surface area contributed by atoms with Crippen LogP contribution in [0.15, 0.2) is 82.2 Å². The molecule has 6 nitrogen and oxygen atoms in total. The number of allylic oxidation sites excluding steroid dienone is 3. The highest BCUT2D eigenvalue weighted by molar-refractivity contribution is 8.00. The summed E-state index contributed by atoms with van der Waals surface area (Å²) in [6.07, 6.45) is 6.69. The molecule has 30 heavy (non-hydrogen) atoms. The van der Waals surface area contributed by atoms with Crippen LogP contribution < -0.4 is 23.5 Å². The molecule has 0 saturated carbocycles. The molecule has 158 valence electrons. The highest BCUT2D eigenvalue weighted by atomic mass is 35.7. The molecule has 0 N–H and O–H groups in total. The van der Waals surface area contributed by atoms with Crippen LogP contribution in [-0.4, -0.2) is 35.9 Å². The zero-order chi connectivity index (χ0) is 21.7. The fourth-order valence-corrected chi connectivity index (χ4v) is 5.35. The smallest absolute Gasteiger partial charge is 0.218 e. The fourth-order valence-electron chi connectivity index (χ4n) is 3.11. The van der Waals surface area contributed by atoms with Crippen LogP contribution in [0.4, 0.5) is 11.4 Å². The van der Waals surface area contributed by atoms with Crippen LogP contribution in [-0.2, 0) is 0 Å². The van der Waals surface area contributed by atoms with Crippen molar-refractivity contribution in [3.05, 3.63) is 72.5 Å². The second kappa shape index (κ2) is 10.0. The van der Waals surface area contributed by atoms with Crippen molar-refractivity contribution in [3.8, 4) is 0 Å². The van der Waals surface area contributed by atoms with Crippen LogP contribution in [0, 0.1) is 10.2 Å². The molecular weight excluding hydrogens is 444 g/mol. The molecule has 0 amide bonds. The van der Waals surface area contributed by atoms with E-state index in [4.69, 9.17) is 18.6 Å². The van der Waals surface area contributed by atoms with Crippen LogP contribution >= 0.6 is 23.5 Å². The van der Waals surface area contributed by atoms with Gasteiger partial charge in [-0.1, -0.05) is 30.3 Å². The van der Waals surface area contributed by atoms with E-state index in [-0.39, 0.29) is 0 Å². The lowest BCUT2D eigenvalue weighted by Gasteiger charge is -2.29. The Balaban J connectivity index is 0.000000461. The largest absolute Gasteiger partial charge is 0.346 e. The Morgan fingerprint density at radius 1 is 0.933 bits per heavy atom. The van der Waals surface area contributed by atoms with E-state index in [2.05, 4.69) is 90.3 Å². The number of benzene rings is 2. The fraction of sp³-hybridized carbons (Fsp3) is 0.190. The van der Waals surface area contributed by atoms with Gasteiger partial charge in [0.05, 0.1) is 16.3 Å². The Morgan fingerprint density at radius 3 is 2.27 bits per heavy atom. The van der Waals surface area contributed by atoms with E-state index in [1.807, 2.05) is 23.5 Å². The van der Waals surface area contributed by atoms with E-state index < -0.39 is 10.2 Å². The molecule has 0 aromatic heterocycles. The van der Waals surface area contributed by atoms with E-state index in [0.717, 1.165) is 11.5 Å². The molecule has 0 atom stereocenters. The molecule has 2 aliphatic heterocycles. The van der Waals surface area contributed by atoms with Gasteiger partial charge in [0.1, 0.15) is 7.05 Å². The highest BCUT2D eigenvalue weighted by Crippen LogP contribution is 2.37. The first-order valence-corrected chi connectivity index (χ1v) is 12.2. The third-order valence-corrected chi connectivity index (χ3v) is 6.84. The van der Waals surface area contributed by atoms with E-state index >= 15 is 0 Å². The minimum absolute atomic E-state index is 1.01. The maximum Gasteiger partial charge on any atom is 0.218 e. The lowest BCUT2D eigenvalue weighted by Crippen LogP contribution is -2.68. The Labute approximate surface area is 186 Å². The zero-order valence-electron chi connectivity index (χ0n) is 16.5. The first-order valence-electron chi connectivity index (χ1n) is 9.00. The van der Waals surface area contributed by atoms with Crippen molar-refractivity contribution in [2.45, 2.75) is 9.79 Å². The Morgan fingerprint density at radius 2 is 1.53 bits per heavy atom. The van der Waals surface area contributed by atoms with Gasteiger partial charge in [0.2, 0.25) is 5.69 Å². The number of anilines is 1. The molecule has 2 aromatic rings. The second-order valence-electron chi connectivity index (χ2n) is 6.52. The van der Waals surface area contributed by atoms with Crippen LogP contribution in [0.2, 0.25) is 0 Å². The summed E-state index contributed by atoms with van der Waals surface area (Å²) in [6, 6.07) is 17.2. The van der Waals surface area contributed by atoms with Gasteiger partial charge in [-0.15, -0.1) is 33.8 Å². The average molecular weight is 465 g/mol. The summed E-state index contributed by atoms with van der Waals surface area (Å²) in [7, 11) is -0.631. The van der Waals surface area contributed by atoms with Crippen molar-refractivity contribution in [1.82, 2.24) is 0 Å². The Bertz CT molecular complexity index is 996. The van der Waals surface area contributed by atoms with E-state index in [1.165, 1.54) is 32.6 Å². The third kappa shape index (κ3) is 6.12. The molecule has 0 unspecified atom stereocenters. The number of nitrogens with zero attached hydrogens (tertiary/aromatic N) is 2. The summed E-state index contributed by atoms with van der Waals surface area (Å²) in [5.74, 6) is 2.03. The van der Waals surface area contributed by atoms with E-state index in [9.17, 15) is 0 Å². The first-order chi connectivity index (χ1) is 14.2. The van der Waals surface area contributed by atoms with Gasteiger partial charge in [0, 0.05) is 35.5 Å². The van der Waals surface area contributed by atoms with Gasteiger partial charge in [-0.2, -0.15) is 4.58 Å². The molecule has 0 aliphatic carbocycles. The second-order valence-corrected chi connectivity index (χ2v) is 9.31. The van der Waals surface area contributed by atoms with Gasteiger partial charge in [-0.3, -0.25) is 0 Å². The monoisotopic (exact) mass is 464 g/mol. The Kier molecular flexibility index (Phi) is 7.65. The lowest BCUT2D eigenvalue weighted by atomic mass is 10.2. The number of hydrogen-bond acceptors (Lipinski definition) is 7. The number of halogens is 1. The molecule has 2 aliphatic rings. The molecule has 0 radical (unpaired) electrons. The minimum atomic E-state index is -4.94. The molecule has 9 heteroatoms. The van der Waals surface area contributed by atoms with Crippen molar-refractivity contribution in [1.29, 1.82) is 0 Å². The van der Waals surface area contributed by atoms with Gasteiger partial charge >= 0.3 is 0 Å². The van der Waals surface area contributed by atoms with Crippen molar-refractivity contribution >= 4 is 40.6 Å². The number of rotatable bonds is 2. The zero-order valence-corrected chi connectivity index (χ0v) is 18.9. The van der Waals surface area contributed by atoms with Crippen LogP contribution in [0.5, 0.6) is 0 Å². The van der Waals surface area contributed by atoms with Crippen LogP contribution in [0.25, 0.3) is 0 Å². The molecular formula is C21H21ClN2O4S2. The van der Waals surface area contributed by atoms with Crippen molar-refractivity contribution in [2.24, 2.45) is 0 Å². The predicted octanol–water partition coefficient (Wildman–Crippen LogP) is 0.433. The molecule has 0 saturated heterocycles. The van der Waals surface area contributed by atoms with Crippen LogP contribution in [0.1, 0.15) is 0 Å². The summed E-state index contributed by atoms with van der Waals surface area (Å²) in [6.45, 7) is 0. The normalized spacial score (nSPS) is 17.5. The summed E-state index contributed by atoms with van der Waals surface area (Å²) in [5, 5.41) is 0. The summed E-state index contributed by atoms with van der Waals surface area (Å²) in [5.41, 5.74) is 5.27. The maximum atomic E-state index is 8.49. The minimum Gasteiger partial charge on any atom is -0.346 e. The number of para-hydroxylation sites is 2. The number of hydrogen-bond donors (Lipinski definition) is 0. The SMILES string of the molecule is CN1/C(=C/C=C/C2=[N+](C)c3ccccc3SC2)CSc2ccccc21.[O-][Cl+3]([O-])([O-])[O-]. The van der Waals surface area contributed by atoms with Crippen molar-refractivity contribution in [3.63, 3.8) is 0 Å². The molecule has 4 rings (SSSR count). The van der Waals surface area contributed by atoms with Crippen LogP contribution in [0.3, 0.4) is 0 Å². The van der Waals surface area contributed by atoms with E-state index in [1.54, 1.807) is 0 Å². The highest BCUT2D eigenvalue weighted by Gasteiger charge is 2.22. The standard InChI is InChI=1S/C21H21N2S2.ClHO4/c1-22-16(14-24-20-12-5-3-10-18(20)22)8-7-9-17-15-25-21-13-6-4-11-19(21)23(17)2;2-1(3,4)5/h3-13H,14-15H2,1-2H3;(H,2,3,4,5)/q+1;/p-1. The van der Waals surface area contributed by atoms with Gasteiger partial charge in [-0.05, 0) is 24.3 Å². The topological polar surface area (TPSA) is 98.5 Å². The predicted molar refractivity (Wildman–Crippen MR) is 111 cm³/mol. The summed E-state index contributed by atoms with van der Waals surface area (Å²) in [4.78, 5) is 5.02.